The maximum atomic E-state index is 12.3. The highest BCUT2D eigenvalue weighted by molar-refractivity contribution is 6.30. The van der Waals surface area contributed by atoms with Gasteiger partial charge in [0.25, 0.3) is 0 Å². The summed E-state index contributed by atoms with van der Waals surface area (Å²) < 4.78 is 0. The molecule has 2 aliphatic rings. The Labute approximate surface area is 125 Å². The molecule has 0 radical (unpaired) electrons. The highest BCUT2D eigenvalue weighted by atomic mass is 35.5. The molecule has 1 heterocycles. The average molecular weight is 293 g/mol. The van der Waals surface area contributed by atoms with Gasteiger partial charge in [-0.05, 0) is 42.4 Å². The van der Waals surface area contributed by atoms with E-state index in [9.17, 15) is 4.79 Å². The number of hydrogen-bond donors (Lipinski definition) is 1. The molecule has 4 heteroatoms. The lowest BCUT2D eigenvalue weighted by atomic mass is 9.96. The molecule has 4 unspecified atom stereocenters. The Balaban J connectivity index is 1.89. The highest BCUT2D eigenvalue weighted by Crippen LogP contribution is 2.39. The van der Waals surface area contributed by atoms with Gasteiger partial charge in [0, 0.05) is 11.1 Å². The lowest BCUT2D eigenvalue weighted by molar-refractivity contribution is -0.131. The Bertz CT molecular complexity index is 519. The standard InChI is InChI=1S/C16H21ClN2O/c1-10-6-7-14(11(10)2)19-15(20)9-18-16(19)12-4-3-5-13(17)8-12/h3-5,8,10-11,14,16,18H,6-7,9H2,1-2H3. The maximum absolute atomic E-state index is 12.3. The average Bonchev–Trinajstić information content (AvgIpc) is 2.94. The van der Waals surface area contributed by atoms with Gasteiger partial charge in [-0.2, -0.15) is 0 Å². The number of hydrogen-bond acceptors (Lipinski definition) is 2. The van der Waals surface area contributed by atoms with Crippen molar-refractivity contribution in [2.45, 2.75) is 38.9 Å². The van der Waals surface area contributed by atoms with Crippen molar-refractivity contribution in [3.8, 4) is 0 Å². The van der Waals surface area contributed by atoms with Crippen molar-refractivity contribution in [2.75, 3.05) is 6.54 Å². The van der Waals surface area contributed by atoms with E-state index in [4.69, 9.17) is 11.6 Å². The van der Waals surface area contributed by atoms with E-state index in [2.05, 4.69) is 24.1 Å². The van der Waals surface area contributed by atoms with Gasteiger partial charge in [0.2, 0.25) is 5.91 Å². The fraction of sp³-hybridized carbons (Fsp3) is 0.562. The van der Waals surface area contributed by atoms with E-state index < -0.39 is 0 Å². The normalized spacial score (nSPS) is 34.0. The molecule has 108 valence electrons. The first kappa shape index (κ1) is 13.9. The smallest absolute Gasteiger partial charge is 0.238 e. The summed E-state index contributed by atoms with van der Waals surface area (Å²) in [5.41, 5.74) is 1.08. The predicted octanol–water partition coefficient (Wildman–Crippen LogP) is 3.21. The van der Waals surface area contributed by atoms with Gasteiger partial charge in [0.05, 0.1) is 6.54 Å². The summed E-state index contributed by atoms with van der Waals surface area (Å²) in [7, 11) is 0. The number of carbonyl (C=O) groups excluding carboxylic acids is 1. The first-order chi connectivity index (χ1) is 9.58. The monoisotopic (exact) mass is 292 g/mol. The molecule has 4 atom stereocenters. The van der Waals surface area contributed by atoms with Crippen molar-refractivity contribution >= 4 is 17.5 Å². The summed E-state index contributed by atoms with van der Waals surface area (Å²) in [5.74, 6) is 1.45. The molecule has 1 saturated heterocycles. The van der Waals surface area contributed by atoms with Crippen molar-refractivity contribution in [1.29, 1.82) is 0 Å². The number of carbonyl (C=O) groups is 1. The maximum Gasteiger partial charge on any atom is 0.238 e. The summed E-state index contributed by atoms with van der Waals surface area (Å²) >= 11 is 6.09. The van der Waals surface area contributed by atoms with Crippen LogP contribution in [0.2, 0.25) is 5.02 Å². The molecular formula is C16H21ClN2O. The van der Waals surface area contributed by atoms with Gasteiger partial charge < -0.3 is 4.90 Å². The zero-order valence-corrected chi connectivity index (χ0v) is 12.7. The highest BCUT2D eigenvalue weighted by Gasteiger charge is 2.42. The van der Waals surface area contributed by atoms with Crippen LogP contribution in [-0.4, -0.2) is 23.4 Å². The summed E-state index contributed by atoms with van der Waals surface area (Å²) in [4.78, 5) is 14.4. The number of rotatable bonds is 2. The molecule has 0 spiro atoms. The number of nitrogens with zero attached hydrogens (tertiary/aromatic N) is 1. The van der Waals surface area contributed by atoms with Crippen molar-refractivity contribution in [1.82, 2.24) is 10.2 Å². The van der Waals surface area contributed by atoms with Gasteiger partial charge in [-0.15, -0.1) is 0 Å². The third-order valence-corrected chi connectivity index (χ3v) is 5.19. The zero-order valence-electron chi connectivity index (χ0n) is 12.0. The summed E-state index contributed by atoms with van der Waals surface area (Å²) in [6.45, 7) is 4.98. The number of amides is 1. The molecule has 3 rings (SSSR count). The van der Waals surface area contributed by atoms with E-state index in [1.165, 1.54) is 6.42 Å². The van der Waals surface area contributed by atoms with E-state index in [1.807, 2.05) is 24.3 Å². The van der Waals surface area contributed by atoms with E-state index in [-0.39, 0.29) is 12.1 Å². The van der Waals surface area contributed by atoms with Crippen LogP contribution in [0.5, 0.6) is 0 Å². The third-order valence-electron chi connectivity index (χ3n) is 4.96. The molecular weight excluding hydrogens is 272 g/mol. The molecule has 1 aliphatic carbocycles. The Hall–Kier alpha value is -1.06. The minimum absolute atomic E-state index is 0.0288. The molecule has 2 fully saturated rings. The van der Waals surface area contributed by atoms with Crippen LogP contribution >= 0.6 is 11.6 Å². The van der Waals surface area contributed by atoms with Crippen molar-refractivity contribution in [3.05, 3.63) is 34.9 Å². The fourth-order valence-corrected chi connectivity index (χ4v) is 3.78. The van der Waals surface area contributed by atoms with Crippen LogP contribution in [0.1, 0.15) is 38.4 Å². The van der Waals surface area contributed by atoms with E-state index in [0.29, 0.717) is 24.4 Å². The van der Waals surface area contributed by atoms with Crippen molar-refractivity contribution < 1.29 is 4.79 Å². The molecule has 1 saturated carbocycles. The second-order valence-corrected chi connectivity index (χ2v) is 6.56. The SMILES string of the molecule is CC1CCC(N2C(=O)CNC2c2cccc(Cl)c2)C1C. The minimum Gasteiger partial charge on any atom is -0.319 e. The Kier molecular flexibility index (Phi) is 3.74. The second-order valence-electron chi connectivity index (χ2n) is 6.12. The predicted molar refractivity (Wildman–Crippen MR) is 80.4 cm³/mol. The largest absolute Gasteiger partial charge is 0.319 e. The third kappa shape index (κ3) is 2.33. The van der Waals surface area contributed by atoms with Crippen LogP contribution in [0.3, 0.4) is 0 Å². The van der Waals surface area contributed by atoms with Gasteiger partial charge in [-0.25, -0.2) is 0 Å². The molecule has 1 aromatic carbocycles. The van der Waals surface area contributed by atoms with Gasteiger partial charge in [0.1, 0.15) is 6.17 Å². The number of benzene rings is 1. The Morgan fingerprint density at radius 1 is 1.30 bits per heavy atom. The lowest BCUT2D eigenvalue weighted by Crippen LogP contribution is -2.41. The Morgan fingerprint density at radius 2 is 2.10 bits per heavy atom. The minimum atomic E-state index is -0.0288. The van der Waals surface area contributed by atoms with Crippen LogP contribution in [0.15, 0.2) is 24.3 Å². The van der Waals surface area contributed by atoms with Crippen LogP contribution < -0.4 is 5.32 Å². The zero-order chi connectivity index (χ0) is 14.3. The summed E-state index contributed by atoms with van der Waals surface area (Å²) in [6.07, 6.45) is 2.28. The van der Waals surface area contributed by atoms with Gasteiger partial charge in [0.15, 0.2) is 0 Å². The van der Waals surface area contributed by atoms with Gasteiger partial charge in [-0.3, -0.25) is 10.1 Å². The van der Waals surface area contributed by atoms with Crippen LogP contribution in [-0.2, 0) is 4.79 Å². The van der Waals surface area contributed by atoms with E-state index >= 15 is 0 Å². The first-order valence-corrected chi connectivity index (χ1v) is 7.75. The van der Waals surface area contributed by atoms with E-state index in [0.717, 1.165) is 17.0 Å². The summed E-state index contributed by atoms with van der Waals surface area (Å²) in [6, 6.07) is 8.15. The molecule has 0 aromatic heterocycles. The van der Waals surface area contributed by atoms with Crippen LogP contribution in [0, 0.1) is 11.8 Å². The molecule has 1 aliphatic heterocycles. The number of nitrogens with one attached hydrogen (secondary N) is 1. The summed E-state index contributed by atoms with van der Waals surface area (Å²) in [5, 5.41) is 4.05. The molecule has 1 amide bonds. The van der Waals surface area contributed by atoms with Crippen LogP contribution in [0.25, 0.3) is 0 Å². The van der Waals surface area contributed by atoms with Crippen molar-refractivity contribution in [2.24, 2.45) is 11.8 Å². The molecule has 1 N–H and O–H groups in total. The Morgan fingerprint density at radius 3 is 2.75 bits per heavy atom. The van der Waals surface area contributed by atoms with Crippen molar-refractivity contribution in [3.63, 3.8) is 0 Å². The van der Waals surface area contributed by atoms with Crippen LogP contribution in [0.4, 0.5) is 0 Å². The second kappa shape index (κ2) is 5.38. The number of halogens is 1. The molecule has 3 nitrogen and oxygen atoms in total. The molecule has 20 heavy (non-hydrogen) atoms. The quantitative estimate of drug-likeness (QED) is 0.908. The lowest BCUT2D eigenvalue weighted by Gasteiger charge is -2.34. The molecule has 0 bridgehead atoms. The topological polar surface area (TPSA) is 32.3 Å². The fourth-order valence-electron chi connectivity index (χ4n) is 3.58. The van der Waals surface area contributed by atoms with Gasteiger partial charge in [-0.1, -0.05) is 37.6 Å². The molecule has 1 aromatic rings. The van der Waals surface area contributed by atoms with E-state index in [1.54, 1.807) is 0 Å². The first-order valence-electron chi connectivity index (χ1n) is 7.38. The van der Waals surface area contributed by atoms with Gasteiger partial charge >= 0.3 is 0 Å².